The molecule has 0 saturated heterocycles. The molecule has 0 fully saturated rings. The molecule has 0 radical (unpaired) electrons. The third-order valence-corrected chi connectivity index (χ3v) is 6.61. The SMILES string of the molecule is COc1ccc(OC)c(S(=O)(=O)NCc2cn(Cc3ccccc3)nc2-c2ccccc2)c1. The smallest absolute Gasteiger partial charge is 0.244 e. The normalized spacial score (nSPS) is 11.3. The van der Waals surface area contributed by atoms with Crippen molar-refractivity contribution in [3.63, 3.8) is 0 Å². The summed E-state index contributed by atoms with van der Waals surface area (Å²) in [7, 11) is -0.957. The van der Waals surface area contributed by atoms with Crippen molar-refractivity contribution in [3.8, 4) is 22.8 Å². The largest absolute Gasteiger partial charge is 0.497 e. The average Bonchev–Trinajstić information content (AvgIpc) is 3.26. The van der Waals surface area contributed by atoms with Crippen molar-refractivity contribution in [2.24, 2.45) is 0 Å². The van der Waals surface area contributed by atoms with Crippen molar-refractivity contribution in [3.05, 3.63) is 96.2 Å². The number of benzene rings is 3. The van der Waals surface area contributed by atoms with E-state index < -0.39 is 10.0 Å². The Kier molecular flexibility index (Phi) is 6.76. The van der Waals surface area contributed by atoms with Gasteiger partial charge in [-0.25, -0.2) is 13.1 Å². The van der Waals surface area contributed by atoms with E-state index in [-0.39, 0.29) is 17.2 Å². The number of sulfonamides is 1. The van der Waals surface area contributed by atoms with E-state index in [9.17, 15) is 8.42 Å². The van der Waals surface area contributed by atoms with E-state index in [1.54, 1.807) is 12.1 Å². The second-order valence-corrected chi connectivity index (χ2v) is 9.13. The quantitative estimate of drug-likeness (QED) is 0.404. The van der Waals surface area contributed by atoms with Crippen LogP contribution in [0, 0.1) is 0 Å². The fourth-order valence-electron chi connectivity index (χ4n) is 3.53. The van der Waals surface area contributed by atoms with Crippen molar-refractivity contribution in [1.29, 1.82) is 0 Å². The highest BCUT2D eigenvalue weighted by Crippen LogP contribution is 2.29. The summed E-state index contributed by atoms with van der Waals surface area (Å²) in [5, 5.41) is 4.75. The van der Waals surface area contributed by atoms with Gasteiger partial charge in [0.05, 0.1) is 26.5 Å². The first-order valence-corrected chi connectivity index (χ1v) is 11.9. The molecular weight excluding hydrogens is 438 g/mol. The van der Waals surface area contributed by atoms with E-state index in [4.69, 9.17) is 14.6 Å². The molecule has 0 saturated carbocycles. The number of hydrogen-bond acceptors (Lipinski definition) is 5. The summed E-state index contributed by atoms with van der Waals surface area (Å²) < 4.78 is 41.2. The van der Waals surface area contributed by atoms with Crippen LogP contribution in [-0.4, -0.2) is 32.4 Å². The molecule has 0 spiro atoms. The Labute approximate surface area is 193 Å². The third kappa shape index (κ3) is 5.24. The summed E-state index contributed by atoms with van der Waals surface area (Å²) in [6, 6.07) is 24.4. The Morgan fingerprint density at radius 2 is 1.61 bits per heavy atom. The van der Waals surface area contributed by atoms with Gasteiger partial charge < -0.3 is 9.47 Å². The molecule has 4 aromatic rings. The fourth-order valence-corrected chi connectivity index (χ4v) is 4.72. The van der Waals surface area contributed by atoms with Crippen LogP contribution in [0.3, 0.4) is 0 Å². The Hall–Kier alpha value is -3.62. The lowest BCUT2D eigenvalue weighted by Gasteiger charge is -2.12. The molecule has 0 bridgehead atoms. The molecule has 0 unspecified atom stereocenters. The van der Waals surface area contributed by atoms with E-state index in [0.29, 0.717) is 12.3 Å². The van der Waals surface area contributed by atoms with Crippen molar-refractivity contribution in [2.45, 2.75) is 18.0 Å². The van der Waals surface area contributed by atoms with Gasteiger partial charge in [0.2, 0.25) is 10.0 Å². The molecule has 4 rings (SSSR count). The van der Waals surface area contributed by atoms with Crippen LogP contribution in [0.5, 0.6) is 11.5 Å². The average molecular weight is 464 g/mol. The van der Waals surface area contributed by atoms with Crippen molar-refractivity contribution >= 4 is 10.0 Å². The molecule has 1 heterocycles. The second-order valence-electron chi connectivity index (χ2n) is 7.39. The number of ether oxygens (including phenoxy) is 2. The number of aromatic nitrogens is 2. The van der Waals surface area contributed by atoms with E-state index in [1.807, 2.05) is 71.5 Å². The summed E-state index contributed by atoms with van der Waals surface area (Å²) in [6.07, 6.45) is 1.88. The lowest BCUT2D eigenvalue weighted by atomic mass is 10.1. The third-order valence-electron chi connectivity index (χ3n) is 5.19. The summed E-state index contributed by atoms with van der Waals surface area (Å²) in [4.78, 5) is 0.0160. The Balaban J connectivity index is 1.64. The van der Waals surface area contributed by atoms with Gasteiger partial charge in [0, 0.05) is 29.9 Å². The zero-order valence-corrected chi connectivity index (χ0v) is 19.2. The van der Waals surface area contributed by atoms with Gasteiger partial charge in [0.1, 0.15) is 16.4 Å². The van der Waals surface area contributed by atoms with Crippen LogP contribution in [0.4, 0.5) is 0 Å². The highest BCUT2D eigenvalue weighted by molar-refractivity contribution is 7.89. The molecule has 8 heteroatoms. The van der Waals surface area contributed by atoms with Crippen molar-refractivity contribution < 1.29 is 17.9 Å². The van der Waals surface area contributed by atoms with Crippen LogP contribution in [-0.2, 0) is 23.1 Å². The molecular formula is C25H25N3O4S. The maximum atomic E-state index is 13.1. The number of hydrogen-bond donors (Lipinski definition) is 1. The van der Waals surface area contributed by atoms with Crippen LogP contribution in [0.1, 0.15) is 11.1 Å². The first kappa shape index (κ1) is 22.6. The molecule has 170 valence electrons. The molecule has 1 N–H and O–H groups in total. The van der Waals surface area contributed by atoms with Crippen LogP contribution >= 0.6 is 0 Å². The van der Waals surface area contributed by atoms with Gasteiger partial charge in [-0.1, -0.05) is 60.7 Å². The van der Waals surface area contributed by atoms with Gasteiger partial charge in [-0.15, -0.1) is 0 Å². The Morgan fingerprint density at radius 1 is 0.909 bits per heavy atom. The predicted octanol–water partition coefficient (Wildman–Crippen LogP) is 4.09. The van der Waals surface area contributed by atoms with Crippen LogP contribution in [0.15, 0.2) is 90.0 Å². The van der Waals surface area contributed by atoms with Crippen LogP contribution in [0.2, 0.25) is 0 Å². The summed E-state index contributed by atoms with van der Waals surface area (Å²) in [5.74, 6) is 0.670. The highest BCUT2D eigenvalue weighted by Gasteiger charge is 2.22. The number of rotatable bonds is 9. The molecule has 7 nitrogen and oxygen atoms in total. The molecule has 1 aromatic heterocycles. The predicted molar refractivity (Wildman–Crippen MR) is 127 cm³/mol. The standard InChI is InChI=1S/C25H25N3O4S/c1-31-22-13-14-23(32-2)24(15-22)33(29,30)26-16-21-18-28(17-19-9-5-3-6-10-19)27-25(21)20-11-7-4-8-12-20/h3-15,18,26H,16-17H2,1-2H3. The van der Waals surface area contributed by atoms with Crippen molar-refractivity contribution in [2.75, 3.05) is 14.2 Å². The lowest BCUT2D eigenvalue weighted by Crippen LogP contribution is -2.24. The summed E-state index contributed by atoms with van der Waals surface area (Å²) >= 11 is 0. The van der Waals surface area contributed by atoms with Gasteiger partial charge >= 0.3 is 0 Å². The second kappa shape index (κ2) is 9.89. The van der Waals surface area contributed by atoms with Crippen LogP contribution < -0.4 is 14.2 Å². The molecule has 0 aliphatic carbocycles. The van der Waals surface area contributed by atoms with E-state index in [0.717, 1.165) is 22.4 Å². The van der Waals surface area contributed by atoms with Crippen LogP contribution in [0.25, 0.3) is 11.3 Å². The van der Waals surface area contributed by atoms with Crippen molar-refractivity contribution in [1.82, 2.24) is 14.5 Å². The van der Waals surface area contributed by atoms with Gasteiger partial charge in [0.15, 0.2) is 0 Å². The highest BCUT2D eigenvalue weighted by atomic mass is 32.2. The Bertz CT molecular complexity index is 1320. The molecule has 0 aliphatic rings. The Morgan fingerprint density at radius 3 is 2.27 bits per heavy atom. The maximum Gasteiger partial charge on any atom is 0.244 e. The van der Waals surface area contributed by atoms with Gasteiger partial charge in [-0.05, 0) is 17.7 Å². The first-order valence-electron chi connectivity index (χ1n) is 10.4. The molecule has 3 aromatic carbocycles. The van der Waals surface area contributed by atoms with E-state index in [2.05, 4.69) is 4.72 Å². The maximum absolute atomic E-state index is 13.1. The van der Waals surface area contributed by atoms with E-state index >= 15 is 0 Å². The minimum absolute atomic E-state index is 0.0160. The lowest BCUT2D eigenvalue weighted by molar-refractivity contribution is 0.392. The minimum Gasteiger partial charge on any atom is -0.497 e. The summed E-state index contributed by atoms with van der Waals surface area (Å²) in [6.45, 7) is 0.652. The zero-order valence-electron chi connectivity index (χ0n) is 18.4. The monoisotopic (exact) mass is 463 g/mol. The first-order chi connectivity index (χ1) is 16.0. The van der Waals surface area contributed by atoms with Gasteiger partial charge in [-0.2, -0.15) is 5.10 Å². The number of nitrogens with zero attached hydrogens (tertiary/aromatic N) is 2. The molecule has 33 heavy (non-hydrogen) atoms. The minimum atomic E-state index is -3.87. The molecule has 0 amide bonds. The molecule has 0 aliphatic heterocycles. The fraction of sp³-hybridized carbons (Fsp3) is 0.160. The zero-order chi connectivity index (χ0) is 23.3. The summed E-state index contributed by atoms with van der Waals surface area (Å²) in [5.41, 5.74) is 3.51. The number of nitrogens with one attached hydrogen (secondary N) is 1. The topological polar surface area (TPSA) is 82.5 Å². The number of methoxy groups -OCH3 is 2. The van der Waals surface area contributed by atoms with Gasteiger partial charge in [-0.3, -0.25) is 4.68 Å². The van der Waals surface area contributed by atoms with Gasteiger partial charge in [0.25, 0.3) is 0 Å². The van der Waals surface area contributed by atoms with E-state index in [1.165, 1.54) is 20.3 Å². The molecule has 0 atom stereocenters.